The van der Waals surface area contributed by atoms with E-state index in [2.05, 4.69) is 20.3 Å². The van der Waals surface area contributed by atoms with Gasteiger partial charge in [-0.15, -0.1) is 11.3 Å². The number of hydrogen-bond acceptors (Lipinski definition) is 10. The lowest BCUT2D eigenvalue weighted by Gasteiger charge is -2.35. The molecule has 13 nitrogen and oxygen atoms in total. The van der Waals surface area contributed by atoms with E-state index < -0.39 is 52.9 Å². The maximum absolute atomic E-state index is 12.2. The topological polar surface area (TPSA) is 207 Å². The lowest BCUT2D eigenvalue weighted by Crippen LogP contribution is -2.65. The molecule has 0 aromatic carbocycles. The summed E-state index contributed by atoms with van der Waals surface area (Å²) >= 11 is 1.00. The highest BCUT2D eigenvalue weighted by Crippen LogP contribution is 2.16. The number of nitrogens with zero attached hydrogens (tertiary/aromatic N) is 3. The maximum Gasteiger partial charge on any atom is 0.362 e. The molecular weight excluding hydrogens is 380 g/mol. The molecule has 6 N–H and O–H groups in total. The van der Waals surface area contributed by atoms with Crippen LogP contribution < -0.4 is 16.8 Å². The summed E-state index contributed by atoms with van der Waals surface area (Å²) in [4.78, 5) is 43.0. The van der Waals surface area contributed by atoms with Gasteiger partial charge in [0.2, 0.25) is 0 Å². The van der Waals surface area contributed by atoms with Crippen LogP contribution >= 0.6 is 11.3 Å². The highest BCUT2D eigenvalue weighted by atomic mass is 32.2. The standard InChI is InChI=1S/C10H12N6O7S2/c11-6(17)2-23-15-7(5-3-24-10(12)14-5)8(18)13-4-1-16(9(4)19)25(20,21)22/h3-4H,1-2H2,(H2,11,17)(H2,12,14)(H,13,18)(H,20,21,22)/t4-/m0/s1. The third kappa shape index (κ3) is 4.40. The van der Waals surface area contributed by atoms with E-state index >= 15 is 0 Å². The van der Waals surface area contributed by atoms with Crippen molar-refractivity contribution in [2.24, 2.45) is 10.9 Å². The van der Waals surface area contributed by atoms with Gasteiger partial charge in [-0.05, 0) is 0 Å². The highest BCUT2D eigenvalue weighted by Gasteiger charge is 2.45. The first-order chi connectivity index (χ1) is 11.6. The van der Waals surface area contributed by atoms with Crippen LogP contribution in [-0.2, 0) is 29.5 Å². The number of anilines is 1. The average Bonchev–Trinajstić information content (AvgIpc) is 2.91. The Bertz CT molecular complexity index is 848. The zero-order valence-corrected chi connectivity index (χ0v) is 13.9. The van der Waals surface area contributed by atoms with E-state index in [4.69, 9.17) is 16.0 Å². The zero-order valence-electron chi connectivity index (χ0n) is 12.3. The number of aromatic nitrogens is 1. The number of carbonyl (C=O) groups excluding carboxylic acids is 3. The van der Waals surface area contributed by atoms with E-state index in [1.165, 1.54) is 5.38 Å². The molecule has 15 heteroatoms. The zero-order chi connectivity index (χ0) is 18.8. The highest BCUT2D eigenvalue weighted by molar-refractivity contribution is 7.84. The van der Waals surface area contributed by atoms with Gasteiger partial charge < -0.3 is 21.6 Å². The van der Waals surface area contributed by atoms with Crippen molar-refractivity contribution in [1.29, 1.82) is 0 Å². The Morgan fingerprint density at radius 3 is 2.72 bits per heavy atom. The first-order valence-corrected chi connectivity index (χ1v) is 8.66. The molecular formula is C10H12N6O7S2. The summed E-state index contributed by atoms with van der Waals surface area (Å²) in [7, 11) is -4.68. The molecule has 136 valence electrons. The third-order valence-corrected chi connectivity index (χ3v) is 4.38. The molecule has 25 heavy (non-hydrogen) atoms. The first-order valence-electron chi connectivity index (χ1n) is 6.39. The van der Waals surface area contributed by atoms with Crippen LogP contribution in [0.2, 0.25) is 0 Å². The van der Waals surface area contributed by atoms with Crippen molar-refractivity contribution < 1.29 is 32.2 Å². The van der Waals surface area contributed by atoms with Crippen LogP contribution in [-0.4, -0.2) is 64.9 Å². The number of oxime groups is 1. The van der Waals surface area contributed by atoms with Crippen molar-refractivity contribution >= 4 is 50.2 Å². The van der Waals surface area contributed by atoms with Crippen LogP contribution in [0.1, 0.15) is 5.69 Å². The molecule has 0 aliphatic carbocycles. The molecule has 2 heterocycles. The molecule has 0 unspecified atom stereocenters. The lowest BCUT2D eigenvalue weighted by molar-refractivity contribution is -0.139. The van der Waals surface area contributed by atoms with Gasteiger partial charge in [0.05, 0.1) is 6.54 Å². The number of nitrogen functional groups attached to an aromatic ring is 1. The van der Waals surface area contributed by atoms with Gasteiger partial charge in [0.1, 0.15) is 11.7 Å². The Morgan fingerprint density at radius 1 is 1.56 bits per heavy atom. The van der Waals surface area contributed by atoms with E-state index in [9.17, 15) is 22.8 Å². The number of hydrogen-bond donors (Lipinski definition) is 4. The lowest BCUT2D eigenvalue weighted by atomic mass is 10.1. The fourth-order valence-corrected chi connectivity index (χ4v) is 2.94. The average molecular weight is 392 g/mol. The first kappa shape index (κ1) is 18.6. The fourth-order valence-electron chi connectivity index (χ4n) is 1.70. The molecule has 3 amide bonds. The molecule has 1 aliphatic rings. The van der Waals surface area contributed by atoms with E-state index in [0.717, 1.165) is 11.3 Å². The number of thiazole rings is 1. The number of β-lactam (4-membered cyclic amide) rings is 1. The number of amides is 3. The third-order valence-electron chi connectivity index (χ3n) is 2.82. The molecule has 0 saturated carbocycles. The van der Waals surface area contributed by atoms with Crippen molar-refractivity contribution in [2.45, 2.75) is 6.04 Å². The molecule has 1 atom stereocenters. The van der Waals surface area contributed by atoms with Crippen LogP contribution in [0.5, 0.6) is 0 Å². The van der Waals surface area contributed by atoms with Gasteiger partial charge >= 0.3 is 10.3 Å². The minimum Gasteiger partial charge on any atom is -0.385 e. The SMILES string of the molecule is NC(=O)CON=C(C(=O)N[C@H]1CN(S(=O)(=O)O)C1=O)c1csc(N)n1. The summed E-state index contributed by atoms with van der Waals surface area (Å²) in [5.74, 6) is -2.78. The Morgan fingerprint density at radius 2 is 2.24 bits per heavy atom. The fraction of sp³-hybridized carbons (Fsp3) is 0.300. The molecule has 0 spiro atoms. The van der Waals surface area contributed by atoms with Crippen molar-refractivity contribution in [1.82, 2.24) is 14.6 Å². The Balaban J connectivity index is 2.11. The van der Waals surface area contributed by atoms with Crippen LogP contribution in [0.15, 0.2) is 10.5 Å². The van der Waals surface area contributed by atoms with Gasteiger partial charge in [-0.25, -0.2) is 9.29 Å². The van der Waals surface area contributed by atoms with Crippen molar-refractivity contribution in [2.75, 3.05) is 18.9 Å². The molecule has 0 bridgehead atoms. The Kier molecular flexibility index (Phi) is 5.19. The second-order valence-electron chi connectivity index (χ2n) is 4.62. The van der Waals surface area contributed by atoms with Crippen LogP contribution in [0.4, 0.5) is 5.13 Å². The Hall–Kier alpha value is -2.78. The van der Waals surface area contributed by atoms with Gasteiger partial charge in [0.15, 0.2) is 17.5 Å². The Labute approximate surface area is 144 Å². The minimum atomic E-state index is -4.68. The largest absolute Gasteiger partial charge is 0.385 e. The van der Waals surface area contributed by atoms with E-state index in [0.29, 0.717) is 0 Å². The number of primary amides is 1. The second kappa shape index (κ2) is 6.99. The molecule has 1 fully saturated rings. The van der Waals surface area contributed by atoms with Crippen molar-refractivity contribution in [3.63, 3.8) is 0 Å². The second-order valence-corrected chi connectivity index (χ2v) is 6.85. The summed E-state index contributed by atoms with van der Waals surface area (Å²) in [6.07, 6.45) is 0. The summed E-state index contributed by atoms with van der Waals surface area (Å²) in [6, 6.07) is -1.19. The molecule has 1 saturated heterocycles. The minimum absolute atomic E-state index is 0.0166. The van der Waals surface area contributed by atoms with E-state index in [1.54, 1.807) is 0 Å². The quantitative estimate of drug-likeness (QED) is 0.162. The summed E-state index contributed by atoms with van der Waals surface area (Å²) in [6.45, 7) is -1.05. The predicted molar refractivity (Wildman–Crippen MR) is 83.4 cm³/mol. The van der Waals surface area contributed by atoms with Gasteiger partial charge in [0.25, 0.3) is 17.7 Å². The molecule has 1 aromatic rings. The monoisotopic (exact) mass is 392 g/mol. The van der Waals surface area contributed by atoms with Crippen molar-refractivity contribution in [3.05, 3.63) is 11.1 Å². The summed E-state index contributed by atoms with van der Waals surface area (Å²) in [5.41, 5.74) is 9.98. The van der Waals surface area contributed by atoms with Crippen LogP contribution in [0.25, 0.3) is 0 Å². The van der Waals surface area contributed by atoms with E-state index in [1.807, 2.05) is 0 Å². The molecule has 1 aromatic heterocycles. The normalized spacial score (nSPS) is 17.8. The maximum atomic E-state index is 12.2. The van der Waals surface area contributed by atoms with Crippen LogP contribution in [0, 0.1) is 0 Å². The van der Waals surface area contributed by atoms with Gasteiger partial charge in [-0.2, -0.15) is 8.42 Å². The van der Waals surface area contributed by atoms with Gasteiger partial charge in [-0.1, -0.05) is 5.16 Å². The number of nitrogens with two attached hydrogens (primary N) is 2. The summed E-state index contributed by atoms with van der Waals surface area (Å²) in [5, 5.41) is 7.17. The van der Waals surface area contributed by atoms with Gasteiger partial charge in [0, 0.05) is 5.38 Å². The molecule has 0 radical (unpaired) electrons. The molecule has 1 aliphatic heterocycles. The number of nitrogens with one attached hydrogen (secondary N) is 1. The van der Waals surface area contributed by atoms with Crippen molar-refractivity contribution in [3.8, 4) is 0 Å². The van der Waals surface area contributed by atoms with E-state index in [-0.39, 0.29) is 15.1 Å². The van der Waals surface area contributed by atoms with Gasteiger partial charge in [-0.3, -0.25) is 18.9 Å². The number of rotatable bonds is 7. The van der Waals surface area contributed by atoms with Crippen LogP contribution in [0.3, 0.4) is 0 Å². The predicted octanol–water partition coefficient (Wildman–Crippen LogP) is -2.94. The molecule has 2 rings (SSSR count). The smallest absolute Gasteiger partial charge is 0.362 e. The number of carbonyl (C=O) groups is 3. The summed E-state index contributed by atoms with van der Waals surface area (Å²) < 4.78 is 30.7.